The number of aryl methyl sites for hydroxylation is 1. The first kappa shape index (κ1) is 15.6. The molecule has 1 rings (SSSR count). The molecular weight excluding hydrogens is 261 g/mol. The average molecular weight is 278 g/mol. The molecule has 0 atom stereocenters. The maximum atomic E-state index is 13.0. The highest BCUT2D eigenvalue weighted by atomic mass is 19.4. The Morgan fingerprint density at radius 2 is 1.84 bits per heavy atom. The summed E-state index contributed by atoms with van der Waals surface area (Å²) >= 11 is 0. The van der Waals surface area contributed by atoms with Crippen LogP contribution in [-0.2, 0) is 17.5 Å². The molecule has 1 aromatic rings. The molecule has 0 saturated heterocycles. The number of hydrogen-bond donors (Lipinski definition) is 2. The fraction of sp³-hybridized carbons (Fsp3) is 0.583. The number of H-pyrrole nitrogens is 1. The Morgan fingerprint density at radius 1 is 1.32 bits per heavy atom. The van der Waals surface area contributed by atoms with Gasteiger partial charge in [-0.3, -0.25) is 0 Å². The lowest BCUT2D eigenvalue weighted by atomic mass is 10.1. The van der Waals surface area contributed by atoms with Crippen molar-refractivity contribution in [3.05, 3.63) is 22.5 Å². The van der Waals surface area contributed by atoms with Crippen LogP contribution in [0.4, 0.5) is 13.2 Å². The number of alkyl halides is 3. The molecule has 0 aromatic carbocycles. The molecule has 4 nitrogen and oxygen atoms in total. The molecule has 7 heteroatoms. The molecule has 0 fully saturated rings. The molecule has 0 aliphatic rings. The van der Waals surface area contributed by atoms with Gasteiger partial charge in [0.05, 0.1) is 11.1 Å². The number of nitrogens with two attached hydrogens (primary N) is 1. The fourth-order valence-electron chi connectivity index (χ4n) is 1.74. The highest BCUT2D eigenvalue weighted by Gasteiger charge is 2.41. The highest BCUT2D eigenvalue weighted by Crippen LogP contribution is 2.37. The van der Waals surface area contributed by atoms with Crippen LogP contribution in [0.5, 0.6) is 0 Å². The lowest BCUT2D eigenvalue weighted by Gasteiger charge is -2.20. The minimum absolute atomic E-state index is 0.0991. The van der Waals surface area contributed by atoms with Crippen molar-refractivity contribution in [1.29, 1.82) is 0 Å². The standard InChI is InChI=1S/C12H17F3N2O2/c1-6-8(10(18)19-11(2,3)4)9(12(13,14)15)7(5-16)17-6/h17H,5,16H2,1-4H3. The monoisotopic (exact) mass is 278 g/mol. The van der Waals surface area contributed by atoms with E-state index < -0.39 is 28.9 Å². The molecule has 108 valence electrons. The number of hydrogen-bond acceptors (Lipinski definition) is 3. The second-order valence-corrected chi connectivity index (χ2v) is 5.18. The van der Waals surface area contributed by atoms with Crippen LogP contribution in [0.2, 0.25) is 0 Å². The lowest BCUT2D eigenvalue weighted by molar-refractivity contribution is -0.138. The van der Waals surface area contributed by atoms with Crippen molar-refractivity contribution in [2.24, 2.45) is 5.73 Å². The summed E-state index contributed by atoms with van der Waals surface area (Å²) in [4.78, 5) is 14.4. The van der Waals surface area contributed by atoms with E-state index in [1.807, 2.05) is 0 Å². The summed E-state index contributed by atoms with van der Waals surface area (Å²) in [7, 11) is 0. The van der Waals surface area contributed by atoms with Gasteiger partial charge in [-0.1, -0.05) is 0 Å². The van der Waals surface area contributed by atoms with Crippen LogP contribution in [0.15, 0.2) is 0 Å². The van der Waals surface area contributed by atoms with Crippen LogP contribution in [0.1, 0.15) is 48.1 Å². The second kappa shape index (κ2) is 4.88. The van der Waals surface area contributed by atoms with Crippen LogP contribution in [-0.4, -0.2) is 16.6 Å². The molecule has 0 saturated carbocycles. The van der Waals surface area contributed by atoms with E-state index in [2.05, 4.69) is 4.98 Å². The van der Waals surface area contributed by atoms with Gasteiger partial charge in [0, 0.05) is 17.9 Å². The van der Waals surface area contributed by atoms with Crippen molar-refractivity contribution in [3.8, 4) is 0 Å². The van der Waals surface area contributed by atoms with Crippen molar-refractivity contribution < 1.29 is 22.7 Å². The van der Waals surface area contributed by atoms with Crippen LogP contribution in [0.25, 0.3) is 0 Å². The first-order valence-electron chi connectivity index (χ1n) is 5.69. The molecule has 0 unspecified atom stereocenters. The Hall–Kier alpha value is -1.50. The Morgan fingerprint density at radius 3 is 2.21 bits per heavy atom. The van der Waals surface area contributed by atoms with E-state index in [0.717, 1.165) is 0 Å². The van der Waals surface area contributed by atoms with Gasteiger partial charge in [0.1, 0.15) is 5.60 Å². The predicted octanol–water partition coefficient (Wildman–Crippen LogP) is 2.76. The minimum atomic E-state index is -4.66. The summed E-state index contributed by atoms with van der Waals surface area (Å²) in [5.74, 6) is -1.01. The number of aromatic nitrogens is 1. The molecular formula is C12H17F3N2O2. The van der Waals surface area contributed by atoms with E-state index in [4.69, 9.17) is 10.5 Å². The van der Waals surface area contributed by atoms with Crippen molar-refractivity contribution in [2.45, 2.75) is 46.0 Å². The van der Waals surface area contributed by atoms with Gasteiger partial charge in [-0.25, -0.2) is 4.79 Å². The normalized spacial score (nSPS) is 12.6. The summed E-state index contributed by atoms with van der Waals surface area (Å²) in [6.07, 6.45) is -4.66. The Labute approximate surface area is 109 Å². The quantitative estimate of drug-likeness (QED) is 0.817. The van der Waals surface area contributed by atoms with E-state index in [9.17, 15) is 18.0 Å². The number of carbonyl (C=O) groups excluding carboxylic acids is 1. The second-order valence-electron chi connectivity index (χ2n) is 5.18. The Balaban J connectivity index is 3.35. The summed E-state index contributed by atoms with van der Waals surface area (Å²) in [5.41, 5.74) is 2.75. The van der Waals surface area contributed by atoms with E-state index >= 15 is 0 Å². The summed E-state index contributed by atoms with van der Waals surface area (Å²) in [5, 5.41) is 0. The van der Waals surface area contributed by atoms with E-state index in [1.54, 1.807) is 20.8 Å². The number of carbonyl (C=O) groups is 1. The molecule has 3 N–H and O–H groups in total. The average Bonchev–Trinajstić information content (AvgIpc) is 2.51. The third-order valence-electron chi connectivity index (χ3n) is 2.36. The van der Waals surface area contributed by atoms with E-state index in [0.29, 0.717) is 0 Å². The zero-order valence-electron chi connectivity index (χ0n) is 11.2. The van der Waals surface area contributed by atoms with Gasteiger partial charge in [-0.05, 0) is 27.7 Å². The molecule has 1 heterocycles. The van der Waals surface area contributed by atoms with Crippen LogP contribution >= 0.6 is 0 Å². The Bertz CT molecular complexity index is 484. The van der Waals surface area contributed by atoms with Crippen molar-refractivity contribution in [1.82, 2.24) is 4.98 Å². The highest BCUT2D eigenvalue weighted by molar-refractivity contribution is 5.93. The summed E-state index contributed by atoms with van der Waals surface area (Å²) in [6.45, 7) is 5.81. The van der Waals surface area contributed by atoms with Gasteiger partial charge in [-0.2, -0.15) is 13.2 Å². The summed E-state index contributed by atoms with van der Waals surface area (Å²) in [6, 6.07) is 0. The molecule has 0 aliphatic heterocycles. The SMILES string of the molecule is Cc1[nH]c(CN)c(C(F)(F)F)c1C(=O)OC(C)(C)C. The molecule has 0 radical (unpaired) electrons. The molecule has 0 spiro atoms. The third kappa shape index (κ3) is 3.50. The molecule has 1 aromatic heterocycles. The van der Waals surface area contributed by atoms with Gasteiger partial charge in [-0.15, -0.1) is 0 Å². The maximum absolute atomic E-state index is 13.0. The smallest absolute Gasteiger partial charge is 0.419 e. The van der Waals surface area contributed by atoms with Crippen molar-refractivity contribution in [3.63, 3.8) is 0 Å². The van der Waals surface area contributed by atoms with Gasteiger partial charge in [0.2, 0.25) is 0 Å². The first-order chi connectivity index (χ1) is 8.47. The molecule has 19 heavy (non-hydrogen) atoms. The third-order valence-corrected chi connectivity index (χ3v) is 2.36. The predicted molar refractivity (Wildman–Crippen MR) is 63.6 cm³/mol. The number of esters is 1. The fourth-order valence-corrected chi connectivity index (χ4v) is 1.74. The lowest BCUT2D eigenvalue weighted by Crippen LogP contribution is -2.26. The molecule has 0 bridgehead atoms. The van der Waals surface area contributed by atoms with Crippen LogP contribution in [0, 0.1) is 6.92 Å². The topological polar surface area (TPSA) is 68.1 Å². The first-order valence-corrected chi connectivity index (χ1v) is 5.69. The number of aromatic amines is 1. The number of nitrogens with one attached hydrogen (secondary N) is 1. The molecule has 0 amide bonds. The minimum Gasteiger partial charge on any atom is -0.456 e. The zero-order chi connectivity index (χ0) is 15.0. The van der Waals surface area contributed by atoms with E-state index in [1.165, 1.54) is 6.92 Å². The largest absolute Gasteiger partial charge is 0.456 e. The number of ether oxygens (including phenoxy) is 1. The Kier molecular flexibility index (Phi) is 4.00. The van der Waals surface area contributed by atoms with Crippen LogP contribution in [0.3, 0.4) is 0 Å². The molecule has 0 aliphatic carbocycles. The van der Waals surface area contributed by atoms with Gasteiger partial charge < -0.3 is 15.5 Å². The van der Waals surface area contributed by atoms with Gasteiger partial charge in [0.15, 0.2) is 0 Å². The van der Waals surface area contributed by atoms with Gasteiger partial charge in [0.25, 0.3) is 0 Å². The van der Waals surface area contributed by atoms with Crippen LogP contribution < -0.4 is 5.73 Å². The zero-order valence-corrected chi connectivity index (χ0v) is 11.2. The van der Waals surface area contributed by atoms with Gasteiger partial charge >= 0.3 is 12.1 Å². The van der Waals surface area contributed by atoms with Crippen molar-refractivity contribution in [2.75, 3.05) is 0 Å². The van der Waals surface area contributed by atoms with E-state index in [-0.39, 0.29) is 17.9 Å². The van der Waals surface area contributed by atoms with Crippen molar-refractivity contribution >= 4 is 5.97 Å². The number of halogens is 3. The maximum Gasteiger partial charge on any atom is 0.419 e. The number of rotatable bonds is 2. The summed E-state index contributed by atoms with van der Waals surface area (Å²) < 4.78 is 44.1.